The summed E-state index contributed by atoms with van der Waals surface area (Å²) in [6, 6.07) is 9.83. The molecule has 0 saturated carbocycles. The van der Waals surface area contributed by atoms with E-state index >= 15 is 0 Å². The third-order valence-electron chi connectivity index (χ3n) is 2.57. The molecule has 19 heavy (non-hydrogen) atoms. The van der Waals surface area contributed by atoms with E-state index in [4.69, 9.17) is 4.74 Å². The Kier molecular flexibility index (Phi) is 4.65. The van der Waals surface area contributed by atoms with Crippen molar-refractivity contribution in [1.82, 2.24) is 4.98 Å². The van der Waals surface area contributed by atoms with Gasteiger partial charge in [-0.15, -0.1) is 11.3 Å². The summed E-state index contributed by atoms with van der Waals surface area (Å²) in [5.41, 5.74) is 1.02. The van der Waals surface area contributed by atoms with Crippen LogP contribution < -0.4 is 0 Å². The second kappa shape index (κ2) is 6.45. The lowest BCUT2D eigenvalue weighted by Gasteiger charge is -2.14. The predicted molar refractivity (Wildman–Crippen MR) is 73.4 cm³/mol. The number of hydrogen-bond acceptors (Lipinski definition) is 5. The first-order chi connectivity index (χ1) is 9.26. The molecule has 0 saturated heterocycles. The Hall–Kier alpha value is -1.72. The van der Waals surface area contributed by atoms with Gasteiger partial charge in [-0.05, 0) is 12.5 Å². The van der Waals surface area contributed by atoms with Gasteiger partial charge in [0.1, 0.15) is 16.0 Å². The van der Waals surface area contributed by atoms with Crippen molar-refractivity contribution in [1.29, 1.82) is 0 Å². The largest absolute Gasteiger partial charge is 0.465 e. The molecule has 0 N–H and O–H groups in total. The molecule has 0 amide bonds. The molecular weight excluding hydrogens is 262 g/mol. The lowest BCUT2D eigenvalue weighted by Crippen LogP contribution is -2.05. The highest BCUT2D eigenvalue weighted by molar-refractivity contribution is 7.13. The molecule has 2 aromatic rings. The first-order valence-electron chi connectivity index (χ1n) is 5.96. The van der Waals surface area contributed by atoms with Gasteiger partial charge in [-0.1, -0.05) is 30.3 Å². The number of methoxy groups -OCH3 is 1. The molecule has 4 nitrogen and oxygen atoms in total. The van der Waals surface area contributed by atoms with E-state index in [0.29, 0.717) is 11.5 Å². The molecule has 1 atom stereocenters. The topological polar surface area (TPSA) is 48.4 Å². The fourth-order valence-electron chi connectivity index (χ4n) is 1.71. The number of rotatable bonds is 5. The number of aromatic nitrogens is 1. The van der Waals surface area contributed by atoms with E-state index in [1.54, 1.807) is 0 Å². The average Bonchev–Trinajstić information content (AvgIpc) is 2.94. The third kappa shape index (κ3) is 3.19. The number of carbonyl (C=O) groups excluding carboxylic acids is 1. The van der Waals surface area contributed by atoms with Gasteiger partial charge in [0, 0.05) is 6.61 Å². The molecule has 1 aromatic carbocycles. The van der Waals surface area contributed by atoms with Crippen molar-refractivity contribution in [2.24, 2.45) is 0 Å². The molecule has 1 aromatic heterocycles. The van der Waals surface area contributed by atoms with Gasteiger partial charge in [0.25, 0.3) is 0 Å². The van der Waals surface area contributed by atoms with Gasteiger partial charge in [-0.3, -0.25) is 0 Å². The molecule has 100 valence electrons. The van der Waals surface area contributed by atoms with Gasteiger partial charge in [0.05, 0.1) is 13.3 Å². The highest BCUT2D eigenvalue weighted by atomic mass is 32.1. The zero-order valence-corrected chi connectivity index (χ0v) is 11.6. The van der Waals surface area contributed by atoms with Gasteiger partial charge in [-0.25, -0.2) is 9.78 Å². The van der Waals surface area contributed by atoms with E-state index in [2.05, 4.69) is 9.72 Å². The molecular formula is C14H15NO3S. The number of nitrogens with zero attached hydrogens (tertiary/aromatic N) is 1. The van der Waals surface area contributed by atoms with Crippen LogP contribution in [0, 0.1) is 0 Å². The summed E-state index contributed by atoms with van der Waals surface area (Å²) in [5, 5.41) is 0.758. The van der Waals surface area contributed by atoms with Crippen LogP contribution in [0.4, 0.5) is 0 Å². The van der Waals surface area contributed by atoms with Crippen molar-refractivity contribution in [2.45, 2.75) is 13.0 Å². The monoisotopic (exact) mass is 277 g/mol. The van der Waals surface area contributed by atoms with E-state index in [1.807, 2.05) is 37.3 Å². The van der Waals surface area contributed by atoms with Crippen molar-refractivity contribution in [2.75, 3.05) is 13.7 Å². The SMILES string of the molecule is CCOC(c1ccccc1)c1ncc(C(=O)OC)s1. The molecule has 0 fully saturated rings. The molecule has 0 aliphatic heterocycles. The van der Waals surface area contributed by atoms with Gasteiger partial charge in [0.2, 0.25) is 0 Å². The van der Waals surface area contributed by atoms with E-state index in [0.717, 1.165) is 10.6 Å². The summed E-state index contributed by atoms with van der Waals surface area (Å²) in [4.78, 5) is 16.2. The van der Waals surface area contributed by atoms with Gasteiger partial charge >= 0.3 is 5.97 Å². The fraction of sp³-hybridized carbons (Fsp3) is 0.286. The Morgan fingerprint density at radius 2 is 2.11 bits per heavy atom. The average molecular weight is 277 g/mol. The van der Waals surface area contributed by atoms with Crippen LogP contribution in [0.1, 0.15) is 33.3 Å². The maximum atomic E-state index is 11.5. The van der Waals surface area contributed by atoms with Crippen LogP contribution in [0.15, 0.2) is 36.5 Å². The Balaban J connectivity index is 2.29. The Labute approximate surface area is 116 Å². The first kappa shape index (κ1) is 13.7. The fourth-order valence-corrected chi connectivity index (χ4v) is 2.62. The molecule has 0 aliphatic rings. The van der Waals surface area contributed by atoms with E-state index in [1.165, 1.54) is 24.6 Å². The second-order valence-electron chi connectivity index (χ2n) is 3.80. The van der Waals surface area contributed by atoms with Crippen molar-refractivity contribution in [3.05, 3.63) is 52.0 Å². The molecule has 2 rings (SSSR count). The number of esters is 1. The summed E-state index contributed by atoms with van der Waals surface area (Å²) < 4.78 is 10.4. The summed E-state index contributed by atoms with van der Waals surface area (Å²) >= 11 is 1.30. The number of ether oxygens (including phenoxy) is 2. The molecule has 0 aliphatic carbocycles. The smallest absolute Gasteiger partial charge is 0.349 e. The quantitative estimate of drug-likeness (QED) is 0.788. The van der Waals surface area contributed by atoms with Crippen LogP contribution >= 0.6 is 11.3 Å². The van der Waals surface area contributed by atoms with Crippen LogP contribution in [-0.2, 0) is 9.47 Å². The Bertz CT molecular complexity index is 539. The van der Waals surface area contributed by atoms with Gasteiger partial charge in [-0.2, -0.15) is 0 Å². The zero-order valence-electron chi connectivity index (χ0n) is 10.8. The van der Waals surface area contributed by atoms with Crippen LogP contribution in [0.3, 0.4) is 0 Å². The van der Waals surface area contributed by atoms with E-state index < -0.39 is 0 Å². The maximum absolute atomic E-state index is 11.5. The van der Waals surface area contributed by atoms with Crippen molar-refractivity contribution in [3.63, 3.8) is 0 Å². The number of hydrogen-bond donors (Lipinski definition) is 0. The molecule has 5 heteroatoms. The first-order valence-corrected chi connectivity index (χ1v) is 6.78. The van der Waals surface area contributed by atoms with Crippen molar-refractivity contribution < 1.29 is 14.3 Å². The van der Waals surface area contributed by atoms with Gasteiger partial charge < -0.3 is 9.47 Å². The van der Waals surface area contributed by atoms with Crippen molar-refractivity contribution >= 4 is 17.3 Å². The van der Waals surface area contributed by atoms with Crippen molar-refractivity contribution in [3.8, 4) is 0 Å². The lowest BCUT2D eigenvalue weighted by molar-refractivity contribution is 0.0606. The minimum atomic E-state index is -0.368. The van der Waals surface area contributed by atoms with Crippen LogP contribution in [0.25, 0.3) is 0 Å². The number of carbonyl (C=O) groups is 1. The van der Waals surface area contributed by atoms with E-state index in [9.17, 15) is 4.79 Å². The van der Waals surface area contributed by atoms with Crippen LogP contribution in [0.2, 0.25) is 0 Å². The number of thiazole rings is 1. The summed E-state index contributed by atoms with van der Waals surface area (Å²) in [6.07, 6.45) is 1.29. The molecule has 0 radical (unpaired) electrons. The third-order valence-corrected chi connectivity index (χ3v) is 3.59. The summed E-state index contributed by atoms with van der Waals surface area (Å²) in [5.74, 6) is -0.368. The molecule has 1 unspecified atom stereocenters. The minimum absolute atomic E-state index is 0.241. The molecule has 0 spiro atoms. The highest BCUT2D eigenvalue weighted by Gasteiger charge is 2.20. The predicted octanol–water partition coefficient (Wildman–Crippen LogP) is 3.06. The lowest BCUT2D eigenvalue weighted by atomic mass is 10.1. The number of benzene rings is 1. The second-order valence-corrected chi connectivity index (χ2v) is 4.86. The van der Waals surface area contributed by atoms with Crippen LogP contribution in [0.5, 0.6) is 0 Å². The van der Waals surface area contributed by atoms with Gasteiger partial charge in [0.15, 0.2) is 0 Å². The highest BCUT2D eigenvalue weighted by Crippen LogP contribution is 2.29. The van der Waals surface area contributed by atoms with E-state index in [-0.39, 0.29) is 12.1 Å². The Morgan fingerprint density at radius 1 is 1.37 bits per heavy atom. The molecule has 1 heterocycles. The summed E-state index contributed by atoms with van der Waals surface area (Å²) in [6.45, 7) is 2.51. The minimum Gasteiger partial charge on any atom is -0.465 e. The summed E-state index contributed by atoms with van der Waals surface area (Å²) in [7, 11) is 1.36. The van der Waals surface area contributed by atoms with Crippen LogP contribution in [-0.4, -0.2) is 24.7 Å². The Morgan fingerprint density at radius 3 is 2.74 bits per heavy atom. The standard InChI is InChI=1S/C14H15NO3S/c1-3-18-12(10-7-5-4-6-8-10)13-15-9-11(19-13)14(16)17-2/h4-9,12H,3H2,1-2H3. The normalized spacial score (nSPS) is 12.1. The zero-order chi connectivity index (χ0) is 13.7. The molecule has 0 bridgehead atoms. The maximum Gasteiger partial charge on any atom is 0.349 e.